The third kappa shape index (κ3) is 7.14. The zero-order valence-corrected chi connectivity index (χ0v) is 20.3. The standard InChI is InChI=1S/C24H15Cl4N3O3/c25-16-2-4-17(5-3-16)31-24(33)15(12-29)9-14-1-8-22(21(28)10-14)34-13-23(32)30-18-6-7-19(26)20(27)11-18/h1-11H,13H2,(H,30,32)(H,31,33)/b15-9-. The van der Waals surface area contributed by atoms with Crippen LogP contribution >= 0.6 is 46.4 Å². The fourth-order valence-corrected chi connectivity index (χ4v) is 3.35. The van der Waals surface area contributed by atoms with Gasteiger partial charge in [-0.15, -0.1) is 0 Å². The Labute approximate surface area is 215 Å². The van der Waals surface area contributed by atoms with E-state index in [0.717, 1.165) is 0 Å². The summed E-state index contributed by atoms with van der Waals surface area (Å²) in [6, 6.07) is 17.7. The van der Waals surface area contributed by atoms with Crippen LogP contribution in [0.25, 0.3) is 6.08 Å². The lowest BCUT2D eigenvalue weighted by molar-refractivity contribution is -0.118. The molecule has 6 nitrogen and oxygen atoms in total. The number of nitrogens with one attached hydrogen (secondary N) is 2. The molecule has 0 aliphatic heterocycles. The van der Waals surface area contributed by atoms with Gasteiger partial charge in [0.2, 0.25) is 0 Å². The molecule has 0 saturated heterocycles. The first kappa shape index (κ1) is 25.4. The van der Waals surface area contributed by atoms with Crippen molar-refractivity contribution >= 4 is 75.7 Å². The number of rotatable bonds is 7. The predicted molar refractivity (Wildman–Crippen MR) is 136 cm³/mol. The molecule has 0 radical (unpaired) electrons. The zero-order valence-electron chi connectivity index (χ0n) is 17.2. The number of amides is 2. The van der Waals surface area contributed by atoms with Crippen LogP contribution in [-0.4, -0.2) is 18.4 Å². The third-order valence-corrected chi connectivity index (χ3v) is 5.58. The van der Waals surface area contributed by atoms with Gasteiger partial charge in [0.15, 0.2) is 6.61 Å². The summed E-state index contributed by atoms with van der Waals surface area (Å²) in [7, 11) is 0. The number of carbonyl (C=O) groups excluding carboxylic acids is 2. The molecule has 0 heterocycles. The highest BCUT2D eigenvalue weighted by molar-refractivity contribution is 6.42. The van der Waals surface area contributed by atoms with Crippen molar-refractivity contribution < 1.29 is 14.3 Å². The molecule has 3 aromatic carbocycles. The lowest BCUT2D eigenvalue weighted by Crippen LogP contribution is -2.20. The van der Waals surface area contributed by atoms with Gasteiger partial charge >= 0.3 is 0 Å². The predicted octanol–water partition coefficient (Wildman–Crippen LogP) is 6.86. The molecule has 0 spiro atoms. The summed E-state index contributed by atoms with van der Waals surface area (Å²) in [6.45, 7) is -0.303. The molecule has 10 heteroatoms. The maximum absolute atomic E-state index is 12.4. The summed E-state index contributed by atoms with van der Waals surface area (Å²) < 4.78 is 5.47. The topological polar surface area (TPSA) is 91.2 Å². The van der Waals surface area contributed by atoms with Gasteiger partial charge in [-0.05, 0) is 66.2 Å². The number of hydrogen-bond acceptors (Lipinski definition) is 4. The van der Waals surface area contributed by atoms with Crippen LogP contribution in [0.5, 0.6) is 5.75 Å². The first-order valence-corrected chi connectivity index (χ1v) is 11.1. The fourth-order valence-electron chi connectivity index (χ4n) is 2.69. The van der Waals surface area contributed by atoms with Crippen LogP contribution < -0.4 is 15.4 Å². The summed E-state index contributed by atoms with van der Waals surface area (Å²) >= 11 is 23.9. The second kappa shape index (κ2) is 11.8. The molecule has 0 saturated carbocycles. The van der Waals surface area contributed by atoms with Crippen LogP contribution in [0.15, 0.2) is 66.2 Å². The summed E-state index contributed by atoms with van der Waals surface area (Å²) in [6.07, 6.45) is 1.39. The SMILES string of the molecule is N#C/C(=C/c1ccc(OCC(=O)Nc2ccc(Cl)c(Cl)c2)c(Cl)c1)C(=O)Nc1ccc(Cl)cc1. The number of nitrogens with zero attached hydrogens (tertiary/aromatic N) is 1. The minimum atomic E-state index is -0.583. The van der Waals surface area contributed by atoms with Crippen molar-refractivity contribution in [2.24, 2.45) is 0 Å². The Hall–Kier alpha value is -3.21. The largest absolute Gasteiger partial charge is 0.482 e. The van der Waals surface area contributed by atoms with Gasteiger partial charge in [0, 0.05) is 16.4 Å². The van der Waals surface area contributed by atoms with Gasteiger partial charge in [-0.2, -0.15) is 5.26 Å². The molecule has 172 valence electrons. The Morgan fingerprint density at radius 2 is 1.56 bits per heavy atom. The first-order valence-electron chi connectivity index (χ1n) is 9.61. The summed E-state index contributed by atoms with van der Waals surface area (Å²) in [5.74, 6) is -0.753. The number of benzene rings is 3. The van der Waals surface area contributed by atoms with Gasteiger partial charge < -0.3 is 15.4 Å². The van der Waals surface area contributed by atoms with Gasteiger partial charge in [-0.25, -0.2) is 0 Å². The summed E-state index contributed by atoms with van der Waals surface area (Å²) in [5.41, 5.74) is 1.34. The summed E-state index contributed by atoms with van der Waals surface area (Å²) in [4.78, 5) is 24.5. The highest BCUT2D eigenvalue weighted by Gasteiger charge is 2.12. The molecule has 0 bridgehead atoms. The fraction of sp³-hybridized carbons (Fsp3) is 0.0417. The van der Waals surface area contributed by atoms with E-state index in [9.17, 15) is 14.9 Å². The van der Waals surface area contributed by atoms with Gasteiger partial charge in [0.1, 0.15) is 17.4 Å². The zero-order chi connectivity index (χ0) is 24.7. The van der Waals surface area contributed by atoms with Crippen molar-refractivity contribution in [3.05, 3.63) is 91.9 Å². The maximum atomic E-state index is 12.4. The average Bonchev–Trinajstić information content (AvgIpc) is 2.80. The van der Waals surface area contributed by atoms with E-state index in [0.29, 0.717) is 32.0 Å². The molecular weight excluding hydrogens is 520 g/mol. The van der Waals surface area contributed by atoms with Gasteiger partial charge in [-0.3, -0.25) is 9.59 Å². The van der Waals surface area contributed by atoms with E-state index in [2.05, 4.69) is 10.6 Å². The third-order valence-electron chi connectivity index (χ3n) is 4.30. The minimum absolute atomic E-state index is 0.124. The molecule has 2 amide bonds. The monoisotopic (exact) mass is 533 g/mol. The Morgan fingerprint density at radius 3 is 2.21 bits per heavy atom. The Bertz CT molecular complexity index is 1300. The highest BCUT2D eigenvalue weighted by atomic mass is 35.5. The molecule has 2 N–H and O–H groups in total. The van der Waals surface area contributed by atoms with Crippen molar-refractivity contribution in [3.63, 3.8) is 0 Å². The number of nitriles is 1. The Morgan fingerprint density at radius 1 is 0.853 bits per heavy atom. The van der Waals surface area contributed by atoms with Crippen molar-refractivity contribution in [3.8, 4) is 11.8 Å². The number of halogens is 4. The van der Waals surface area contributed by atoms with Gasteiger partial charge in [-0.1, -0.05) is 52.5 Å². The van der Waals surface area contributed by atoms with Crippen LogP contribution in [0.1, 0.15) is 5.56 Å². The summed E-state index contributed by atoms with van der Waals surface area (Å²) in [5, 5.41) is 16.0. The van der Waals surface area contributed by atoms with E-state index < -0.39 is 11.8 Å². The van der Waals surface area contributed by atoms with Gasteiger partial charge in [0.25, 0.3) is 11.8 Å². The molecule has 0 aromatic heterocycles. The highest BCUT2D eigenvalue weighted by Crippen LogP contribution is 2.27. The number of carbonyl (C=O) groups is 2. The van der Waals surface area contributed by atoms with Crippen LogP contribution in [0.2, 0.25) is 20.1 Å². The molecule has 0 unspecified atom stereocenters. The lowest BCUT2D eigenvalue weighted by atomic mass is 10.1. The van der Waals surface area contributed by atoms with E-state index in [-0.39, 0.29) is 23.0 Å². The molecule has 3 rings (SSSR count). The molecule has 0 aliphatic carbocycles. The second-order valence-electron chi connectivity index (χ2n) is 6.79. The van der Waals surface area contributed by atoms with Crippen LogP contribution in [-0.2, 0) is 9.59 Å². The first-order chi connectivity index (χ1) is 16.2. The lowest BCUT2D eigenvalue weighted by Gasteiger charge is -2.10. The minimum Gasteiger partial charge on any atom is -0.482 e. The normalized spacial score (nSPS) is 10.9. The number of hydrogen-bond donors (Lipinski definition) is 2. The van der Waals surface area contributed by atoms with E-state index in [4.69, 9.17) is 51.1 Å². The maximum Gasteiger partial charge on any atom is 0.266 e. The average molecular weight is 535 g/mol. The van der Waals surface area contributed by atoms with Crippen LogP contribution in [0.4, 0.5) is 11.4 Å². The smallest absolute Gasteiger partial charge is 0.266 e. The molecule has 34 heavy (non-hydrogen) atoms. The van der Waals surface area contributed by atoms with E-state index in [1.54, 1.807) is 42.5 Å². The second-order valence-corrected chi connectivity index (χ2v) is 8.44. The van der Waals surface area contributed by atoms with E-state index in [1.165, 1.54) is 24.3 Å². The molecule has 0 fully saturated rings. The van der Waals surface area contributed by atoms with Crippen LogP contribution in [0.3, 0.4) is 0 Å². The van der Waals surface area contributed by atoms with Crippen molar-refractivity contribution in [2.75, 3.05) is 17.2 Å². The van der Waals surface area contributed by atoms with E-state index in [1.807, 2.05) is 6.07 Å². The van der Waals surface area contributed by atoms with Crippen molar-refractivity contribution in [1.82, 2.24) is 0 Å². The molecule has 0 aliphatic rings. The molecular formula is C24H15Cl4N3O3. The number of ether oxygens (including phenoxy) is 1. The number of anilines is 2. The Balaban J connectivity index is 1.62. The van der Waals surface area contributed by atoms with Crippen LogP contribution in [0, 0.1) is 11.3 Å². The molecule has 3 aromatic rings. The van der Waals surface area contributed by atoms with Crippen molar-refractivity contribution in [1.29, 1.82) is 5.26 Å². The van der Waals surface area contributed by atoms with E-state index >= 15 is 0 Å². The quantitative estimate of drug-likeness (QED) is 0.256. The van der Waals surface area contributed by atoms with Crippen molar-refractivity contribution in [2.45, 2.75) is 0 Å². The van der Waals surface area contributed by atoms with Gasteiger partial charge in [0.05, 0.1) is 15.1 Å². The Kier molecular flexibility index (Phi) is 8.80. The molecule has 0 atom stereocenters.